The molecule has 47 heavy (non-hydrogen) atoms. The number of anilines is 1. The number of aliphatic hydroxyl groups is 2. The Bertz CT molecular complexity index is 1590. The highest BCUT2D eigenvalue weighted by Crippen LogP contribution is 2.46. The van der Waals surface area contributed by atoms with Gasteiger partial charge in [0.2, 0.25) is 0 Å². The molecule has 9 nitrogen and oxygen atoms in total. The monoisotopic (exact) mass is 656 g/mol. The van der Waals surface area contributed by atoms with Crippen LogP contribution in [0.4, 0.5) is 5.69 Å². The fourth-order valence-electron chi connectivity index (χ4n) is 7.17. The maximum atomic E-state index is 12.0. The molecular formula is C37H48N4O5Si. The molecule has 0 saturated carbocycles. The molecule has 3 aromatic carbocycles. The van der Waals surface area contributed by atoms with Crippen molar-refractivity contribution in [1.82, 2.24) is 15.0 Å². The van der Waals surface area contributed by atoms with Gasteiger partial charge in [-0.2, -0.15) is 0 Å². The maximum absolute atomic E-state index is 12.0. The summed E-state index contributed by atoms with van der Waals surface area (Å²) in [4.78, 5) is 12.0. The van der Waals surface area contributed by atoms with Crippen LogP contribution in [0.1, 0.15) is 49.4 Å². The van der Waals surface area contributed by atoms with Crippen LogP contribution in [0.3, 0.4) is 0 Å². The average Bonchev–Trinajstić information content (AvgIpc) is 3.67. The van der Waals surface area contributed by atoms with Gasteiger partial charge in [-0.15, -0.1) is 5.10 Å². The minimum atomic E-state index is -2.03. The van der Waals surface area contributed by atoms with Crippen molar-refractivity contribution in [1.29, 1.82) is 0 Å². The summed E-state index contributed by atoms with van der Waals surface area (Å²) in [6, 6.07) is 26.3. The topological polar surface area (TPSA) is 119 Å². The highest BCUT2D eigenvalue weighted by atomic mass is 28.3. The predicted octanol–water partition coefficient (Wildman–Crippen LogP) is 5.14. The number of hydrogen-bond acceptors (Lipinski definition) is 7. The van der Waals surface area contributed by atoms with Crippen LogP contribution in [0.15, 0.2) is 85.1 Å². The number of aromatic nitrogens is 3. The van der Waals surface area contributed by atoms with Gasteiger partial charge in [0.15, 0.2) is 0 Å². The Kier molecular flexibility index (Phi) is 11.3. The van der Waals surface area contributed by atoms with E-state index in [2.05, 4.69) is 66.0 Å². The number of nitrogens with zero attached hydrogens (tertiary/aromatic N) is 3. The van der Waals surface area contributed by atoms with Gasteiger partial charge in [0.25, 0.3) is 5.91 Å². The first-order valence-corrected chi connectivity index (χ1v) is 19.6. The van der Waals surface area contributed by atoms with Crippen LogP contribution in [0.5, 0.6) is 5.75 Å². The first-order valence-electron chi connectivity index (χ1n) is 16.5. The van der Waals surface area contributed by atoms with Crippen molar-refractivity contribution in [3.63, 3.8) is 0 Å². The van der Waals surface area contributed by atoms with E-state index in [1.165, 1.54) is 12.1 Å². The molecule has 10 heteroatoms. The number of hydrogen-bond donors (Lipinski definition) is 3. The number of aliphatic hydroxyl groups excluding tert-OH is 2. The predicted molar refractivity (Wildman–Crippen MR) is 187 cm³/mol. The molecular weight excluding hydrogens is 609 g/mol. The Labute approximate surface area is 279 Å². The van der Waals surface area contributed by atoms with E-state index >= 15 is 0 Å². The molecule has 1 aliphatic rings. The van der Waals surface area contributed by atoms with Crippen LogP contribution in [0, 0.1) is 5.92 Å². The number of carbonyl (C=O) groups excluding carboxylic acids is 1. The zero-order chi connectivity index (χ0) is 33.6. The zero-order valence-corrected chi connectivity index (χ0v) is 29.0. The Morgan fingerprint density at radius 2 is 1.79 bits per heavy atom. The van der Waals surface area contributed by atoms with Crippen LogP contribution in [-0.4, -0.2) is 71.2 Å². The molecule has 1 fully saturated rings. The van der Waals surface area contributed by atoms with Gasteiger partial charge >= 0.3 is 0 Å². The molecule has 3 N–H and O–H groups in total. The van der Waals surface area contributed by atoms with Crippen molar-refractivity contribution in [2.24, 2.45) is 5.92 Å². The van der Waals surface area contributed by atoms with E-state index in [4.69, 9.17) is 9.47 Å². The van der Waals surface area contributed by atoms with E-state index in [-0.39, 0.29) is 24.7 Å². The van der Waals surface area contributed by atoms with E-state index in [9.17, 15) is 15.0 Å². The fourth-order valence-corrected chi connectivity index (χ4v) is 11.3. The number of carbonyl (C=O) groups is 1. The van der Waals surface area contributed by atoms with Gasteiger partial charge in [0.1, 0.15) is 11.9 Å². The first-order chi connectivity index (χ1) is 22.6. The lowest BCUT2D eigenvalue weighted by atomic mass is 9.95. The Hall–Kier alpha value is -3.83. The van der Waals surface area contributed by atoms with Crippen molar-refractivity contribution in [3.05, 3.63) is 102 Å². The highest BCUT2D eigenvalue weighted by molar-refractivity contribution is 6.91. The fraction of sp³-hybridized carbons (Fsp3) is 0.432. The molecule has 0 radical (unpaired) electrons. The van der Waals surface area contributed by atoms with E-state index in [0.29, 0.717) is 23.7 Å². The molecule has 1 unspecified atom stereocenters. The lowest BCUT2D eigenvalue weighted by molar-refractivity contribution is -0.123. The van der Waals surface area contributed by atoms with Crippen LogP contribution >= 0.6 is 0 Å². The van der Waals surface area contributed by atoms with Crippen molar-refractivity contribution in [3.8, 4) is 5.75 Å². The molecule has 0 spiro atoms. The molecule has 0 bridgehead atoms. The van der Waals surface area contributed by atoms with Crippen LogP contribution in [-0.2, 0) is 22.5 Å². The molecule has 4 aromatic rings. The van der Waals surface area contributed by atoms with Crippen LogP contribution in [0.25, 0.3) is 0 Å². The Balaban J connectivity index is 1.33. The van der Waals surface area contributed by atoms with Crippen molar-refractivity contribution < 1.29 is 24.5 Å². The molecule has 0 aliphatic carbocycles. The van der Waals surface area contributed by atoms with Gasteiger partial charge in [-0.25, -0.2) is 0 Å². The van der Waals surface area contributed by atoms with Gasteiger partial charge in [-0.3, -0.25) is 9.48 Å². The Morgan fingerprint density at radius 3 is 2.47 bits per heavy atom. The van der Waals surface area contributed by atoms with Gasteiger partial charge < -0.3 is 25.0 Å². The molecule has 1 saturated heterocycles. The average molecular weight is 657 g/mol. The number of rotatable bonds is 14. The second kappa shape index (κ2) is 15.4. The number of aryl methyl sites for hydroxylation is 2. The summed E-state index contributed by atoms with van der Waals surface area (Å²) in [5.41, 5.74) is 3.94. The summed E-state index contributed by atoms with van der Waals surface area (Å²) in [5, 5.41) is 32.8. The first kappa shape index (κ1) is 34.5. The van der Waals surface area contributed by atoms with Crippen molar-refractivity contribution >= 4 is 24.9 Å². The molecule has 1 amide bonds. The summed E-state index contributed by atoms with van der Waals surface area (Å²) in [6.07, 6.45) is 3.48. The standard InChI is InChI=1S/C37H48N4O5Si/c1-25-34(19-14-27-10-9-13-29(22-27)38-37(44)26(2)43)46-35(36(25)47(4,5)31-17-15-30(45-3)16-18-31)20-21-41-23-33(39-40-41)32(24-42)28-11-7-6-8-12-28/h6-13,15-18,22-23,25-26,32,34-36,42-43H,14,19-21,24H2,1-5H3,(H,38,44)/t25-,26+,32?,34+,35-,36+/m1/s1. The Morgan fingerprint density at radius 1 is 1.04 bits per heavy atom. The number of ether oxygens (including phenoxy) is 2. The highest BCUT2D eigenvalue weighted by Gasteiger charge is 2.50. The minimum Gasteiger partial charge on any atom is -0.497 e. The van der Waals surface area contributed by atoms with E-state index in [0.717, 1.165) is 41.8 Å². The SMILES string of the molecule is COc1ccc([Si](C)(C)[C@H]2[C@H](C)[C@H](CCc3cccc(NC(=O)[C@H](C)O)c3)O[C@@H]2CCn2cc(C(CO)c3ccccc3)nn2)cc1. The lowest BCUT2D eigenvalue weighted by Crippen LogP contribution is -2.50. The third kappa shape index (κ3) is 8.19. The maximum Gasteiger partial charge on any atom is 0.252 e. The molecule has 1 aromatic heterocycles. The molecule has 2 heterocycles. The van der Waals surface area contributed by atoms with E-state index in [1.54, 1.807) is 7.11 Å². The number of amides is 1. The minimum absolute atomic E-state index is 0.0345. The largest absolute Gasteiger partial charge is 0.497 e. The molecule has 250 valence electrons. The summed E-state index contributed by atoms with van der Waals surface area (Å²) < 4.78 is 14.3. The summed E-state index contributed by atoms with van der Waals surface area (Å²) in [7, 11) is -0.333. The summed E-state index contributed by atoms with van der Waals surface area (Å²) in [5.74, 6) is 0.558. The second-order valence-corrected chi connectivity index (χ2v) is 18.0. The van der Waals surface area contributed by atoms with Gasteiger partial charge in [-0.05, 0) is 73.0 Å². The van der Waals surface area contributed by atoms with Gasteiger partial charge in [0.05, 0.1) is 45.6 Å². The molecule has 5 rings (SSSR count). The van der Waals surface area contributed by atoms with E-state index in [1.807, 2.05) is 59.4 Å². The number of methoxy groups -OCH3 is 1. The summed E-state index contributed by atoms with van der Waals surface area (Å²) >= 11 is 0. The van der Waals surface area contributed by atoms with Gasteiger partial charge in [0, 0.05) is 18.4 Å². The number of benzene rings is 3. The number of nitrogens with one attached hydrogen (secondary N) is 1. The van der Waals surface area contributed by atoms with E-state index < -0.39 is 20.1 Å². The normalized spacial score (nSPS) is 20.9. The molecule has 1 aliphatic heterocycles. The lowest BCUT2D eigenvalue weighted by Gasteiger charge is -2.36. The third-order valence-electron chi connectivity index (χ3n) is 9.80. The van der Waals surface area contributed by atoms with Crippen molar-refractivity contribution in [2.75, 3.05) is 19.0 Å². The summed E-state index contributed by atoms with van der Waals surface area (Å²) in [6.45, 7) is 9.32. The van der Waals surface area contributed by atoms with Crippen LogP contribution < -0.4 is 15.2 Å². The van der Waals surface area contributed by atoms with Gasteiger partial charge in [-0.1, -0.05) is 85.0 Å². The smallest absolute Gasteiger partial charge is 0.252 e. The third-order valence-corrected chi connectivity index (χ3v) is 14.2. The molecule has 6 atom stereocenters. The quantitative estimate of drug-likeness (QED) is 0.161. The second-order valence-electron chi connectivity index (χ2n) is 13.3. The zero-order valence-electron chi connectivity index (χ0n) is 28.0. The van der Waals surface area contributed by atoms with Crippen molar-refractivity contribution in [2.45, 2.75) is 82.5 Å². The van der Waals surface area contributed by atoms with Crippen LogP contribution in [0.2, 0.25) is 18.6 Å².